The summed E-state index contributed by atoms with van der Waals surface area (Å²) in [6, 6.07) is 12.9. The first kappa shape index (κ1) is 46.1. The van der Waals surface area contributed by atoms with Crippen LogP contribution < -0.4 is 5.32 Å². The summed E-state index contributed by atoms with van der Waals surface area (Å²) >= 11 is 0. The smallest absolute Gasteiger partial charge is 0.434 e. The number of carbonyl (C=O) groups excluding carboxylic acids is 2. The topological polar surface area (TPSA) is 135 Å². The van der Waals surface area contributed by atoms with Crippen LogP contribution in [0.3, 0.4) is 0 Å². The maximum Gasteiger partial charge on any atom is 0.513 e. The highest BCUT2D eigenvalue weighted by Gasteiger charge is 2.90. The largest absolute Gasteiger partial charge is 0.513 e. The molecule has 1 aliphatic heterocycles. The van der Waals surface area contributed by atoms with Crippen molar-refractivity contribution in [3.05, 3.63) is 98.8 Å². The van der Waals surface area contributed by atoms with Gasteiger partial charge in [-0.25, -0.2) is 9.59 Å². The number of nitro benzene ring substituents is 1. The Bertz CT molecular complexity index is 1850. The van der Waals surface area contributed by atoms with Crippen molar-refractivity contribution < 1.29 is 95.3 Å². The summed E-state index contributed by atoms with van der Waals surface area (Å²) in [7, 11) is 1.33. The summed E-state index contributed by atoms with van der Waals surface area (Å²) in [4.78, 5) is 36.3. The van der Waals surface area contributed by atoms with Crippen molar-refractivity contribution in [2.75, 3.05) is 20.3 Å². The van der Waals surface area contributed by atoms with Crippen LogP contribution in [0, 0.1) is 10.1 Å². The Kier molecular flexibility index (Phi) is 13.8. The molecule has 0 bridgehead atoms. The SMILES string of the molecule is CO[C@H](COC(=O)OC1=C(C)NC(C)=C(OC(=O)OCCCC(F)(F)C(F)(F)C(F)(F)C(F)(F)C(F)(F)C(F)(F)F)C1c1cccc([N+](=O)[O-])c1)c1ccccc1. The number of allylic oxidation sites excluding steroid dienone is 2. The maximum absolute atomic E-state index is 14.2. The normalized spacial score (nSPS) is 16.5. The zero-order chi connectivity index (χ0) is 43.4. The quantitative estimate of drug-likeness (QED) is 0.0572. The first-order valence-corrected chi connectivity index (χ1v) is 15.8. The molecule has 1 aliphatic rings. The molecule has 316 valence electrons. The second-order valence-corrected chi connectivity index (χ2v) is 12.0. The fourth-order valence-corrected chi connectivity index (χ4v) is 5.11. The molecule has 0 saturated carbocycles. The molecule has 0 saturated heterocycles. The summed E-state index contributed by atoms with van der Waals surface area (Å²) in [6.45, 7) is 0.762. The molecule has 1 heterocycles. The Morgan fingerprint density at radius 2 is 1.28 bits per heavy atom. The van der Waals surface area contributed by atoms with Gasteiger partial charge in [0, 0.05) is 25.7 Å². The van der Waals surface area contributed by atoms with E-state index in [1.807, 2.05) is 0 Å². The van der Waals surface area contributed by atoms with Gasteiger partial charge in [-0.15, -0.1) is 0 Å². The number of dihydropyridines is 1. The Morgan fingerprint density at radius 3 is 1.79 bits per heavy atom. The lowest BCUT2D eigenvalue weighted by Gasteiger charge is -2.39. The Hall–Kier alpha value is -5.29. The number of rotatable bonds is 16. The molecular weight excluding hydrogens is 815 g/mol. The van der Waals surface area contributed by atoms with Crippen LogP contribution in [-0.4, -0.2) is 73.3 Å². The molecule has 0 fully saturated rings. The van der Waals surface area contributed by atoms with Crippen molar-refractivity contribution in [3.63, 3.8) is 0 Å². The predicted molar refractivity (Wildman–Crippen MR) is 165 cm³/mol. The first-order valence-electron chi connectivity index (χ1n) is 15.8. The molecule has 0 radical (unpaired) electrons. The van der Waals surface area contributed by atoms with Gasteiger partial charge in [0.05, 0.1) is 22.9 Å². The van der Waals surface area contributed by atoms with Crippen molar-refractivity contribution in [2.24, 2.45) is 0 Å². The minimum atomic E-state index is -8.07. The van der Waals surface area contributed by atoms with E-state index in [0.29, 0.717) is 5.56 Å². The molecule has 2 aromatic carbocycles. The molecule has 0 amide bonds. The molecular formula is C33H29F13N2O9. The minimum absolute atomic E-state index is 0.0477. The lowest BCUT2D eigenvalue weighted by atomic mass is 9.90. The van der Waals surface area contributed by atoms with Crippen molar-refractivity contribution in [3.8, 4) is 0 Å². The van der Waals surface area contributed by atoms with Crippen LogP contribution in [0.1, 0.15) is 49.8 Å². The van der Waals surface area contributed by atoms with Gasteiger partial charge in [-0.05, 0) is 31.4 Å². The predicted octanol–water partition coefficient (Wildman–Crippen LogP) is 9.96. The summed E-state index contributed by atoms with van der Waals surface area (Å²) in [6.07, 6.45) is -15.8. The number of nitrogens with zero attached hydrogens (tertiary/aromatic N) is 1. The summed E-state index contributed by atoms with van der Waals surface area (Å²) in [5.74, 6) is -40.3. The number of alkyl halides is 13. The highest BCUT2D eigenvalue weighted by Crippen LogP contribution is 2.60. The van der Waals surface area contributed by atoms with Crippen molar-refractivity contribution in [2.45, 2.75) is 74.5 Å². The van der Waals surface area contributed by atoms with Gasteiger partial charge in [-0.1, -0.05) is 42.5 Å². The number of halogens is 13. The number of hydrogen-bond acceptors (Lipinski definition) is 10. The van der Waals surface area contributed by atoms with Crippen molar-refractivity contribution >= 4 is 18.0 Å². The number of nitrogens with one attached hydrogen (secondary N) is 1. The number of ether oxygens (including phenoxy) is 5. The molecule has 11 nitrogen and oxygen atoms in total. The molecule has 0 aromatic heterocycles. The molecule has 2 atom stereocenters. The van der Waals surface area contributed by atoms with Crippen LogP contribution in [-0.2, 0) is 23.7 Å². The fraction of sp³-hybridized carbons (Fsp3) is 0.455. The zero-order valence-electron chi connectivity index (χ0n) is 29.2. The second kappa shape index (κ2) is 17.1. The lowest BCUT2D eigenvalue weighted by Crippen LogP contribution is -2.70. The first-order chi connectivity index (χ1) is 26.1. The van der Waals surface area contributed by atoms with Crippen LogP contribution >= 0.6 is 0 Å². The van der Waals surface area contributed by atoms with Gasteiger partial charge >= 0.3 is 48.1 Å². The molecule has 0 spiro atoms. The Morgan fingerprint density at radius 1 is 0.754 bits per heavy atom. The van der Waals surface area contributed by atoms with Crippen molar-refractivity contribution in [1.29, 1.82) is 0 Å². The van der Waals surface area contributed by atoms with Crippen LogP contribution in [0.15, 0.2) is 77.5 Å². The van der Waals surface area contributed by atoms with Crippen LogP contribution in [0.4, 0.5) is 72.4 Å². The van der Waals surface area contributed by atoms with E-state index in [-0.39, 0.29) is 17.0 Å². The summed E-state index contributed by atoms with van der Waals surface area (Å²) in [5, 5.41) is 14.2. The highest BCUT2D eigenvalue weighted by atomic mass is 19.4. The van der Waals surface area contributed by atoms with E-state index < -0.39 is 108 Å². The van der Waals surface area contributed by atoms with Gasteiger partial charge in [-0.2, -0.15) is 57.1 Å². The van der Waals surface area contributed by atoms with Crippen molar-refractivity contribution in [1.82, 2.24) is 5.32 Å². The second-order valence-electron chi connectivity index (χ2n) is 12.0. The Balaban J connectivity index is 1.79. The lowest BCUT2D eigenvalue weighted by molar-refractivity contribution is -0.440. The third kappa shape index (κ3) is 9.47. The van der Waals surface area contributed by atoms with Crippen LogP contribution in [0.25, 0.3) is 0 Å². The average molecular weight is 845 g/mol. The number of benzene rings is 2. The molecule has 0 aliphatic carbocycles. The van der Waals surface area contributed by atoms with E-state index in [0.717, 1.165) is 12.1 Å². The molecule has 24 heteroatoms. The third-order valence-corrected chi connectivity index (χ3v) is 8.10. The molecule has 3 rings (SSSR count). The third-order valence-electron chi connectivity index (χ3n) is 8.10. The Labute approximate surface area is 312 Å². The van der Waals surface area contributed by atoms with E-state index in [4.69, 9.17) is 18.9 Å². The number of nitro groups is 1. The van der Waals surface area contributed by atoms with Crippen LogP contribution in [0.5, 0.6) is 0 Å². The monoisotopic (exact) mass is 844 g/mol. The van der Waals surface area contributed by atoms with Crippen LogP contribution in [0.2, 0.25) is 0 Å². The van der Waals surface area contributed by atoms with E-state index in [9.17, 15) is 76.8 Å². The van der Waals surface area contributed by atoms with Gasteiger partial charge in [0.15, 0.2) is 0 Å². The maximum atomic E-state index is 14.2. The summed E-state index contributed by atoms with van der Waals surface area (Å²) in [5.41, 5.74) is -0.0158. The van der Waals surface area contributed by atoms with Gasteiger partial charge in [-0.3, -0.25) is 10.1 Å². The number of methoxy groups -OCH3 is 1. The van der Waals surface area contributed by atoms with E-state index in [1.165, 1.54) is 33.1 Å². The number of non-ortho nitro benzene ring substituents is 1. The summed E-state index contributed by atoms with van der Waals surface area (Å²) < 4.78 is 200. The fourth-order valence-electron chi connectivity index (χ4n) is 5.11. The molecule has 57 heavy (non-hydrogen) atoms. The average Bonchev–Trinajstić information content (AvgIpc) is 3.12. The minimum Gasteiger partial charge on any atom is -0.434 e. The van der Waals surface area contributed by atoms with E-state index in [1.54, 1.807) is 30.3 Å². The standard InChI is InChI=1S/C33H29F13N2O9/c1-17-24(56-26(49)54-14-8-13-28(34,35)29(36,37)30(38,39)31(40,41)32(42,43)33(44,45)46)23(20-11-7-12-21(15-20)48(51)52)25(18(2)47-17)57-27(50)55-16-22(53-3)19-9-5-4-6-10-19/h4-7,9-12,15,22-23,47H,8,13-14,16H2,1-3H3/t22-,23?/m1/s1. The highest BCUT2D eigenvalue weighted by molar-refractivity contribution is 5.65. The van der Waals surface area contributed by atoms with Gasteiger partial charge in [0.2, 0.25) is 0 Å². The zero-order valence-corrected chi connectivity index (χ0v) is 29.2. The molecule has 2 aromatic rings. The van der Waals surface area contributed by atoms with Gasteiger partial charge in [0.25, 0.3) is 5.69 Å². The molecule has 1 unspecified atom stereocenters. The molecule has 1 N–H and O–H groups in total. The van der Waals surface area contributed by atoms with Gasteiger partial charge < -0.3 is 29.0 Å². The van der Waals surface area contributed by atoms with E-state index in [2.05, 4.69) is 10.1 Å². The number of carbonyl (C=O) groups is 2. The van der Waals surface area contributed by atoms with E-state index >= 15 is 0 Å². The van der Waals surface area contributed by atoms with Gasteiger partial charge in [0.1, 0.15) is 30.1 Å². The number of hydrogen-bond donors (Lipinski definition) is 1.